The van der Waals surface area contributed by atoms with Gasteiger partial charge in [0.05, 0.1) is 5.69 Å². The molecule has 2 aromatic rings. The highest BCUT2D eigenvalue weighted by atomic mass is 32.2. The minimum absolute atomic E-state index is 0.0484. The van der Waals surface area contributed by atoms with Crippen LogP contribution in [-0.2, 0) is 14.3 Å². The molecule has 0 fully saturated rings. The largest absolute Gasteiger partial charge is 0.485 e. The van der Waals surface area contributed by atoms with Gasteiger partial charge < -0.3 is 19.5 Å². The molecule has 1 atom stereocenters. The molecule has 130 valence electrons. The Bertz CT molecular complexity index is 780. The molecule has 2 aromatic carbocycles. The molecule has 0 spiro atoms. The van der Waals surface area contributed by atoms with Crippen LogP contribution in [0.3, 0.4) is 0 Å². The number of carbonyl (C=O) groups excluding carboxylic acids is 2. The highest BCUT2D eigenvalue weighted by molar-refractivity contribution is 7.98. The van der Waals surface area contributed by atoms with Crippen molar-refractivity contribution < 1.29 is 23.8 Å². The molecule has 6 nitrogen and oxygen atoms in total. The summed E-state index contributed by atoms with van der Waals surface area (Å²) in [6, 6.07) is 14.5. The number of benzene rings is 2. The summed E-state index contributed by atoms with van der Waals surface area (Å²) in [5.74, 6) is 0.0156. The fourth-order valence-corrected chi connectivity index (χ4v) is 2.85. The smallest absolute Gasteiger partial charge is 0.351 e. The number of hydrogen-bond donors (Lipinski definition) is 1. The predicted molar refractivity (Wildman–Crippen MR) is 94.2 cm³/mol. The maximum absolute atomic E-state index is 12.1. The second-order valence-electron chi connectivity index (χ2n) is 5.22. The van der Waals surface area contributed by atoms with Gasteiger partial charge in [-0.25, -0.2) is 4.79 Å². The third-order valence-electron chi connectivity index (χ3n) is 3.50. The zero-order chi connectivity index (χ0) is 17.6. The summed E-state index contributed by atoms with van der Waals surface area (Å²) in [5.41, 5.74) is 0.683. The molecular formula is C18H17NO5S. The number of para-hydroxylation sites is 3. The van der Waals surface area contributed by atoms with Crippen molar-refractivity contribution >= 4 is 29.3 Å². The van der Waals surface area contributed by atoms with Crippen molar-refractivity contribution in [2.24, 2.45) is 0 Å². The minimum Gasteiger partial charge on any atom is -0.485 e. The lowest BCUT2D eigenvalue weighted by atomic mass is 10.2. The third-order valence-corrected chi connectivity index (χ3v) is 4.29. The van der Waals surface area contributed by atoms with Gasteiger partial charge in [-0.15, -0.1) is 11.8 Å². The first-order valence-electron chi connectivity index (χ1n) is 7.65. The van der Waals surface area contributed by atoms with Gasteiger partial charge in [0.15, 0.2) is 18.1 Å². The Hall–Kier alpha value is -2.67. The first-order valence-corrected chi connectivity index (χ1v) is 8.88. The number of carbonyl (C=O) groups is 2. The lowest BCUT2D eigenvalue weighted by Crippen LogP contribution is -2.39. The van der Waals surface area contributed by atoms with Crippen LogP contribution in [0.1, 0.15) is 0 Å². The van der Waals surface area contributed by atoms with E-state index >= 15 is 0 Å². The molecule has 1 N–H and O–H groups in total. The summed E-state index contributed by atoms with van der Waals surface area (Å²) in [6.45, 7) is -0.337. The summed E-state index contributed by atoms with van der Waals surface area (Å²) in [6.07, 6.45) is 1.03. The van der Waals surface area contributed by atoms with Crippen molar-refractivity contribution in [3.05, 3.63) is 48.5 Å². The predicted octanol–water partition coefficient (Wildman–Crippen LogP) is 2.73. The van der Waals surface area contributed by atoms with Crippen molar-refractivity contribution in [3.8, 4) is 11.5 Å². The summed E-state index contributed by atoms with van der Waals surface area (Å²) in [4.78, 5) is 25.0. The van der Waals surface area contributed by atoms with E-state index < -0.39 is 18.0 Å². The Balaban J connectivity index is 1.52. The Labute approximate surface area is 149 Å². The van der Waals surface area contributed by atoms with Gasteiger partial charge in [-0.1, -0.05) is 24.3 Å². The molecule has 0 aliphatic carbocycles. The molecule has 1 amide bonds. The first-order chi connectivity index (χ1) is 12.2. The monoisotopic (exact) mass is 359 g/mol. The van der Waals surface area contributed by atoms with E-state index in [-0.39, 0.29) is 13.2 Å². The fourth-order valence-electron chi connectivity index (χ4n) is 2.30. The molecule has 1 aliphatic heterocycles. The van der Waals surface area contributed by atoms with Crippen LogP contribution in [0, 0.1) is 0 Å². The molecule has 0 radical (unpaired) electrons. The fraction of sp³-hybridized carbons (Fsp3) is 0.222. The van der Waals surface area contributed by atoms with Gasteiger partial charge in [0, 0.05) is 4.90 Å². The number of fused-ring (bicyclic) bond motifs is 1. The minimum atomic E-state index is -0.888. The van der Waals surface area contributed by atoms with Crippen LogP contribution in [0.15, 0.2) is 53.4 Å². The van der Waals surface area contributed by atoms with Crippen molar-refractivity contribution in [1.82, 2.24) is 0 Å². The second-order valence-corrected chi connectivity index (χ2v) is 6.07. The van der Waals surface area contributed by atoms with E-state index in [2.05, 4.69) is 5.32 Å². The van der Waals surface area contributed by atoms with Crippen LogP contribution in [0.4, 0.5) is 5.69 Å². The Kier molecular flexibility index (Phi) is 5.45. The summed E-state index contributed by atoms with van der Waals surface area (Å²) in [5, 5.41) is 2.73. The zero-order valence-corrected chi connectivity index (χ0v) is 14.4. The molecule has 1 heterocycles. The Morgan fingerprint density at radius 2 is 1.88 bits per heavy atom. The number of ether oxygens (including phenoxy) is 3. The highest BCUT2D eigenvalue weighted by Crippen LogP contribution is 2.31. The molecule has 0 unspecified atom stereocenters. The number of esters is 1. The van der Waals surface area contributed by atoms with E-state index in [0.717, 1.165) is 4.90 Å². The highest BCUT2D eigenvalue weighted by Gasteiger charge is 2.29. The maximum Gasteiger partial charge on any atom is 0.351 e. The summed E-state index contributed by atoms with van der Waals surface area (Å²) in [7, 11) is 0. The van der Waals surface area contributed by atoms with E-state index in [0.29, 0.717) is 17.2 Å². The standard InChI is InChI=1S/C18H17NO5S/c1-25-16-9-5-2-6-12(16)19-17(20)11-23-18(21)15-10-22-13-7-3-4-8-14(13)24-15/h2-9,15H,10-11H2,1H3,(H,19,20)/t15-/m0/s1. The zero-order valence-electron chi connectivity index (χ0n) is 13.6. The molecule has 0 saturated heterocycles. The number of hydrogen-bond acceptors (Lipinski definition) is 6. The van der Waals surface area contributed by atoms with Crippen LogP contribution in [0.2, 0.25) is 0 Å². The van der Waals surface area contributed by atoms with E-state index in [1.807, 2.05) is 30.5 Å². The van der Waals surface area contributed by atoms with E-state index in [9.17, 15) is 9.59 Å². The van der Waals surface area contributed by atoms with Gasteiger partial charge in [-0.05, 0) is 30.5 Å². The number of thioether (sulfide) groups is 1. The molecule has 0 saturated carbocycles. The SMILES string of the molecule is CSc1ccccc1NC(=O)COC(=O)[C@@H]1COc2ccccc2O1. The van der Waals surface area contributed by atoms with Crippen molar-refractivity contribution in [3.63, 3.8) is 0 Å². The average Bonchev–Trinajstić information content (AvgIpc) is 2.66. The number of rotatable bonds is 5. The first kappa shape index (κ1) is 17.2. The van der Waals surface area contributed by atoms with Crippen molar-refractivity contribution in [2.75, 3.05) is 24.8 Å². The number of nitrogens with one attached hydrogen (secondary N) is 1. The molecule has 0 bridgehead atoms. The van der Waals surface area contributed by atoms with E-state index in [4.69, 9.17) is 14.2 Å². The van der Waals surface area contributed by atoms with Crippen molar-refractivity contribution in [1.29, 1.82) is 0 Å². The number of amides is 1. The van der Waals surface area contributed by atoms with Crippen LogP contribution in [0.5, 0.6) is 11.5 Å². The molecule has 3 rings (SSSR count). The molecule has 1 aliphatic rings. The second kappa shape index (κ2) is 7.94. The van der Waals surface area contributed by atoms with Crippen LogP contribution in [0.25, 0.3) is 0 Å². The van der Waals surface area contributed by atoms with Crippen molar-refractivity contribution in [2.45, 2.75) is 11.0 Å². The van der Waals surface area contributed by atoms with Gasteiger partial charge in [-0.2, -0.15) is 0 Å². The lowest BCUT2D eigenvalue weighted by molar-refractivity contribution is -0.156. The van der Waals surface area contributed by atoms with E-state index in [1.165, 1.54) is 11.8 Å². The van der Waals surface area contributed by atoms with Crippen LogP contribution < -0.4 is 14.8 Å². The van der Waals surface area contributed by atoms with E-state index in [1.54, 1.807) is 24.3 Å². The normalized spacial score (nSPS) is 15.3. The number of anilines is 1. The molecular weight excluding hydrogens is 342 g/mol. The average molecular weight is 359 g/mol. The Morgan fingerprint density at radius 3 is 2.68 bits per heavy atom. The summed E-state index contributed by atoms with van der Waals surface area (Å²) >= 11 is 1.52. The third kappa shape index (κ3) is 4.24. The van der Waals surface area contributed by atoms with Gasteiger partial charge in [0.1, 0.15) is 6.61 Å². The lowest BCUT2D eigenvalue weighted by Gasteiger charge is -2.24. The van der Waals surface area contributed by atoms with Gasteiger partial charge in [0.25, 0.3) is 5.91 Å². The maximum atomic E-state index is 12.1. The van der Waals surface area contributed by atoms with Crippen LogP contribution in [-0.4, -0.2) is 37.4 Å². The molecule has 0 aromatic heterocycles. The van der Waals surface area contributed by atoms with Gasteiger partial charge >= 0.3 is 5.97 Å². The molecule has 25 heavy (non-hydrogen) atoms. The molecule has 7 heteroatoms. The van der Waals surface area contributed by atoms with Gasteiger partial charge in [-0.3, -0.25) is 4.79 Å². The Morgan fingerprint density at radius 1 is 1.16 bits per heavy atom. The quantitative estimate of drug-likeness (QED) is 0.654. The van der Waals surface area contributed by atoms with Gasteiger partial charge in [0.2, 0.25) is 6.10 Å². The van der Waals surface area contributed by atoms with Crippen LogP contribution >= 0.6 is 11.8 Å². The topological polar surface area (TPSA) is 73.9 Å². The summed E-state index contributed by atoms with van der Waals surface area (Å²) < 4.78 is 16.0.